The van der Waals surface area contributed by atoms with Crippen molar-refractivity contribution in [3.05, 3.63) is 0 Å². The van der Waals surface area contributed by atoms with Gasteiger partial charge in [-0.25, -0.2) is 0 Å². The van der Waals surface area contributed by atoms with E-state index in [9.17, 15) is 0 Å². The van der Waals surface area contributed by atoms with Gasteiger partial charge in [0.1, 0.15) is 0 Å². The standard InChI is InChI=1S/C28H58/c1-12-13-14-15-16-17-18-19-20-21-22-23-24(2)26(6,7)28(10,11)27(8,9)25(3,4)5/h24H,12-23H2,1-11H3. The number of unbranched alkanes of at least 4 members (excludes halogenated alkanes) is 10. The smallest absolute Gasteiger partial charge is 0.0244 e. The summed E-state index contributed by atoms with van der Waals surface area (Å²) in [5.74, 6) is 0.766. The number of hydrogen-bond donors (Lipinski definition) is 0. The van der Waals surface area contributed by atoms with E-state index in [0.717, 1.165) is 5.92 Å². The molecule has 0 nitrogen and oxygen atoms in total. The van der Waals surface area contributed by atoms with Gasteiger partial charge in [-0.05, 0) is 27.6 Å². The molecule has 0 N–H and O–H groups in total. The Balaban J connectivity index is 4.25. The summed E-state index contributed by atoms with van der Waals surface area (Å²) in [4.78, 5) is 0. The Kier molecular flexibility index (Phi) is 12.0. The van der Waals surface area contributed by atoms with Crippen LogP contribution in [0.3, 0.4) is 0 Å². The van der Waals surface area contributed by atoms with E-state index in [0.29, 0.717) is 10.8 Å². The van der Waals surface area contributed by atoms with E-state index in [1.165, 1.54) is 77.0 Å². The molecule has 0 heteroatoms. The lowest BCUT2D eigenvalue weighted by Gasteiger charge is -2.60. The molecule has 0 radical (unpaired) electrons. The average Bonchev–Trinajstić information content (AvgIpc) is 2.58. The summed E-state index contributed by atoms with van der Waals surface area (Å²) in [5.41, 5.74) is 1.22. The first-order chi connectivity index (χ1) is 12.7. The van der Waals surface area contributed by atoms with E-state index in [4.69, 9.17) is 0 Å². The maximum Gasteiger partial charge on any atom is -0.0244 e. The zero-order valence-electron chi connectivity index (χ0n) is 22.1. The fourth-order valence-corrected chi connectivity index (χ4v) is 4.83. The zero-order valence-corrected chi connectivity index (χ0v) is 22.1. The van der Waals surface area contributed by atoms with Crippen LogP contribution in [0.1, 0.15) is 153 Å². The van der Waals surface area contributed by atoms with E-state index in [2.05, 4.69) is 76.2 Å². The second-order valence-electron chi connectivity index (χ2n) is 12.4. The molecule has 0 heterocycles. The van der Waals surface area contributed by atoms with Crippen molar-refractivity contribution >= 4 is 0 Å². The molecular weight excluding hydrogens is 336 g/mol. The van der Waals surface area contributed by atoms with Gasteiger partial charge in [0.05, 0.1) is 0 Å². The van der Waals surface area contributed by atoms with E-state index >= 15 is 0 Å². The summed E-state index contributed by atoms with van der Waals surface area (Å²) in [7, 11) is 0. The maximum atomic E-state index is 2.53. The zero-order chi connectivity index (χ0) is 22.1. The Morgan fingerprint density at radius 3 is 1.21 bits per heavy atom. The normalized spacial score (nSPS) is 15.1. The van der Waals surface area contributed by atoms with E-state index in [-0.39, 0.29) is 10.8 Å². The molecule has 0 aliphatic heterocycles. The lowest BCUT2D eigenvalue weighted by Crippen LogP contribution is -2.53. The SMILES string of the molecule is CCCCCCCCCCCCCC(C)C(C)(C)C(C)(C)C(C)(C)C(C)(C)C. The van der Waals surface area contributed by atoms with Gasteiger partial charge in [-0.15, -0.1) is 0 Å². The summed E-state index contributed by atoms with van der Waals surface area (Å²) in [6.07, 6.45) is 17.2. The van der Waals surface area contributed by atoms with Crippen molar-refractivity contribution in [3.63, 3.8) is 0 Å². The van der Waals surface area contributed by atoms with Crippen LogP contribution >= 0.6 is 0 Å². The molecular formula is C28H58. The molecule has 0 saturated carbocycles. The second kappa shape index (κ2) is 12.0. The minimum Gasteiger partial charge on any atom is -0.0654 e. The van der Waals surface area contributed by atoms with E-state index in [1.54, 1.807) is 0 Å². The highest BCUT2D eigenvalue weighted by Crippen LogP contribution is 2.61. The Morgan fingerprint density at radius 1 is 0.500 bits per heavy atom. The number of rotatable bonds is 15. The molecule has 0 rings (SSSR count). The van der Waals surface area contributed by atoms with Crippen LogP contribution in [0.5, 0.6) is 0 Å². The predicted molar refractivity (Wildman–Crippen MR) is 131 cm³/mol. The minimum absolute atomic E-state index is 0.287. The monoisotopic (exact) mass is 394 g/mol. The molecule has 0 saturated heterocycles. The van der Waals surface area contributed by atoms with Gasteiger partial charge < -0.3 is 0 Å². The molecule has 0 bridgehead atoms. The van der Waals surface area contributed by atoms with Crippen molar-refractivity contribution in [1.82, 2.24) is 0 Å². The van der Waals surface area contributed by atoms with Crippen LogP contribution in [0.25, 0.3) is 0 Å². The maximum absolute atomic E-state index is 2.53. The van der Waals surface area contributed by atoms with Gasteiger partial charge in [0.25, 0.3) is 0 Å². The van der Waals surface area contributed by atoms with Gasteiger partial charge in [-0.1, -0.05) is 153 Å². The van der Waals surface area contributed by atoms with E-state index < -0.39 is 0 Å². The highest BCUT2D eigenvalue weighted by atomic mass is 14.6. The molecule has 28 heavy (non-hydrogen) atoms. The van der Waals surface area contributed by atoms with Crippen LogP contribution in [0.2, 0.25) is 0 Å². The van der Waals surface area contributed by atoms with Gasteiger partial charge >= 0.3 is 0 Å². The van der Waals surface area contributed by atoms with Crippen LogP contribution in [-0.2, 0) is 0 Å². The van der Waals surface area contributed by atoms with Gasteiger partial charge in [0.2, 0.25) is 0 Å². The molecule has 1 atom stereocenters. The third-order valence-electron chi connectivity index (χ3n) is 9.52. The average molecular weight is 395 g/mol. The van der Waals surface area contributed by atoms with Gasteiger partial charge in [0, 0.05) is 0 Å². The highest BCUT2D eigenvalue weighted by molar-refractivity contribution is 5.02. The van der Waals surface area contributed by atoms with Crippen molar-refractivity contribution in [2.45, 2.75) is 153 Å². The Morgan fingerprint density at radius 2 is 0.857 bits per heavy atom. The van der Waals surface area contributed by atoms with Crippen molar-refractivity contribution < 1.29 is 0 Å². The Hall–Kier alpha value is 0. The molecule has 0 aliphatic carbocycles. The molecule has 1 unspecified atom stereocenters. The molecule has 0 aromatic heterocycles. The third kappa shape index (κ3) is 7.68. The van der Waals surface area contributed by atoms with Crippen LogP contribution in [-0.4, -0.2) is 0 Å². The third-order valence-corrected chi connectivity index (χ3v) is 9.52. The molecule has 0 aromatic rings. The summed E-state index contributed by atoms with van der Waals surface area (Å²) in [6.45, 7) is 27.1. The summed E-state index contributed by atoms with van der Waals surface area (Å²) >= 11 is 0. The van der Waals surface area contributed by atoms with Gasteiger partial charge in [0.15, 0.2) is 0 Å². The van der Waals surface area contributed by atoms with Gasteiger partial charge in [-0.2, -0.15) is 0 Å². The van der Waals surface area contributed by atoms with Crippen molar-refractivity contribution in [3.8, 4) is 0 Å². The first-order valence-corrected chi connectivity index (χ1v) is 12.7. The molecule has 0 fully saturated rings. The molecule has 0 amide bonds. The predicted octanol–water partition coefficient (Wildman–Crippen LogP) is 10.4. The summed E-state index contributed by atoms with van der Waals surface area (Å²) < 4.78 is 0. The Bertz CT molecular complexity index is 391. The van der Waals surface area contributed by atoms with Crippen molar-refractivity contribution in [2.75, 3.05) is 0 Å². The highest BCUT2D eigenvalue weighted by Gasteiger charge is 2.54. The first kappa shape index (κ1) is 28.0. The van der Waals surface area contributed by atoms with Crippen LogP contribution in [0.4, 0.5) is 0 Å². The summed E-state index contributed by atoms with van der Waals surface area (Å²) in [5, 5.41) is 0. The molecule has 0 aromatic carbocycles. The first-order valence-electron chi connectivity index (χ1n) is 12.7. The largest absolute Gasteiger partial charge is 0.0654 e. The fraction of sp³-hybridized carbons (Fsp3) is 1.00. The summed E-state index contributed by atoms with van der Waals surface area (Å²) in [6, 6.07) is 0. The Labute approximate surface area is 181 Å². The molecule has 170 valence electrons. The quantitative estimate of drug-likeness (QED) is 0.242. The van der Waals surface area contributed by atoms with Crippen LogP contribution < -0.4 is 0 Å². The lowest BCUT2D eigenvalue weighted by atomic mass is 9.45. The van der Waals surface area contributed by atoms with Crippen molar-refractivity contribution in [2.24, 2.45) is 27.6 Å². The van der Waals surface area contributed by atoms with Crippen LogP contribution in [0.15, 0.2) is 0 Å². The minimum atomic E-state index is 0.287. The molecule has 0 spiro atoms. The number of hydrogen-bond acceptors (Lipinski definition) is 0. The van der Waals surface area contributed by atoms with Gasteiger partial charge in [-0.3, -0.25) is 0 Å². The van der Waals surface area contributed by atoms with Crippen LogP contribution in [0, 0.1) is 27.6 Å². The second-order valence-corrected chi connectivity index (χ2v) is 12.4. The molecule has 0 aliphatic rings. The fourth-order valence-electron chi connectivity index (χ4n) is 4.83. The topological polar surface area (TPSA) is 0 Å². The van der Waals surface area contributed by atoms with Crippen molar-refractivity contribution in [1.29, 1.82) is 0 Å². The van der Waals surface area contributed by atoms with E-state index in [1.807, 2.05) is 0 Å². The lowest BCUT2D eigenvalue weighted by molar-refractivity contribution is -0.110.